The topological polar surface area (TPSA) is 54.9 Å². The molecule has 3 rings (SSSR count). The summed E-state index contributed by atoms with van der Waals surface area (Å²) in [6.45, 7) is 4.61. The van der Waals surface area contributed by atoms with Gasteiger partial charge in [-0.1, -0.05) is 42.0 Å². The molecule has 2 aromatic rings. The van der Waals surface area contributed by atoms with Crippen LogP contribution in [0.1, 0.15) is 35.6 Å². The summed E-state index contributed by atoms with van der Waals surface area (Å²) in [5.74, 6) is 2.16. The fraction of sp³-hybridized carbons (Fsp3) is 0.458. The fourth-order valence-corrected chi connectivity index (χ4v) is 3.78. The van der Waals surface area contributed by atoms with Crippen molar-refractivity contribution in [1.29, 1.82) is 0 Å². The minimum Gasteiger partial charge on any atom is -0.497 e. The molecule has 1 aliphatic heterocycles. The molecule has 1 fully saturated rings. The van der Waals surface area contributed by atoms with Crippen molar-refractivity contribution in [1.82, 2.24) is 10.6 Å². The third-order valence-corrected chi connectivity index (χ3v) is 5.45. The average Bonchev–Trinajstić information content (AvgIpc) is 2.77. The van der Waals surface area contributed by atoms with Crippen LogP contribution in [0, 0.1) is 12.8 Å². The molecule has 2 unspecified atom stereocenters. The molecule has 30 heavy (non-hydrogen) atoms. The first-order chi connectivity index (χ1) is 14.2. The molecule has 2 aromatic carbocycles. The van der Waals surface area contributed by atoms with E-state index in [9.17, 15) is 0 Å². The van der Waals surface area contributed by atoms with Crippen molar-refractivity contribution in [2.75, 3.05) is 33.9 Å². The molecule has 0 radical (unpaired) electrons. The summed E-state index contributed by atoms with van der Waals surface area (Å²) < 4.78 is 11.4. The number of hydrogen-bond acceptors (Lipinski definition) is 3. The summed E-state index contributed by atoms with van der Waals surface area (Å²) in [6, 6.07) is 16.9. The van der Waals surface area contributed by atoms with Gasteiger partial charge in [0.1, 0.15) is 5.75 Å². The van der Waals surface area contributed by atoms with Crippen molar-refractivity contribution in [3.8, 4) is 5.75 Å². The smallest absolute Gasteiger partial charge is 0.190 e. The lowest BCUT2D eigenvalue weighted by Crippen LogP contribution is -2.42. The number of halogens is 1. The highest BCUT2D eigenvalue weighted by molar-refractivity contribution is 14.0. The van der Waals surface area contributed by atoms with Crippen molar-refractivity contribution >= 4 is 29.9 Å². The van der Waals surface area contributed by atoms with E-state index in [1.54, 1.807) is 7.11 Å². The number of methoxy groups -OCH3 is 1. The fourth-order valence-electron chi connectivity index (χ4n) is 3.78. The Labute approximate surface area is 197 Å². The van der Waals surface area contributed by atoms with Crippen molar-refractivity contribution in [3.63, 3.8) is 0 Å². The van der Waals surface area contributed by atoms with Gasteiger partial charge in [-0.25, -0.2) is 0 Å². The minimum atomic E-state index is 0. The number of nitrogens with one attached hydrogen (secondary N) is 2. The van der Waals surface area contributed by atoms with Gasteiger partial charge in [-0.05, 0) is 49.4 Å². The zero-order valence-corrected chi connectivity index (χ0v) is 20.5. The van der Waals surface area contributed by atoms with E-state index in [0.29, 0.717) is 5.92 Å². The molecule has 0 aromatic heterocycles. The Kier molecular flexibility index (Phi) is 10.4. The third-order valence-electron chi connectivity index (χ3n) is 5.45. The first-order valence-corrected chi connectivity index (χ1v) is 10.4. The maximum absolute atomic E-state index is 6.13. The van der Waals surface area contributed by atoms with Gasteiger partial charge in [0.25, 0.3) is 0 Å². The lowest BCUT2D eigenvalue weighted by Gasteiger charge is -2.32. The van der Waals surface area contributed by atoms with E-state index < -0.39 is 0 Å². The van der Waals surface area contributed by atoms with Crippen molar-refractivity contribution < 1.29 is 9.47 Å². The van der Waals surface area contributed by atoms with Crippen molar-refractivity contribution in [2.45, 2.75) is 32.3 Å². The van der Waals surface area contributed by atoms with Crippen LogP contribution in [-0.4, -0.2) is 39.8 Å². The van der Waals surface area contributed by atoms with E-state index in [1.165, 1.54) is 16.7 Å². The quantitative estimate of drug-likeness (QED) is 0.319. The second kappa shape index (κ2) is 12.8. The SMILES string of the molecule is CN=C(NCCc1cccc(OC)c1)NCC1CCCOC1c1ccc(C)cc1.I. The largest absolute Gasteiger partial charge is 0.497 e. The van der Waals surface area contributed by atoms with Crippen LogP contribution < -0.4 is 15.4 Å². The molecular formula is C24H34IN3O2. The van der Waals surface area contributed by atoms with Gasteiger partial charge < -0.3 is 20.1 Å². The summed E-state index contributed by atoms with van der Waals surface area (Å²) >= 11 is 0. The van der Waals surface area contributed by atoms with Crippen molar-refractivity contribution in [3.05, 3.63) is 65.2 Å². The maximum atomic E-state index is 6.13. The van der Waals surface area contributed by atoms with Gasteiger partial charge in [-0.15, -0.1) is 24.0 Å². The molecule has 0 spiro atoms. The summed E-state index contributed by atoms with van der Waals surface area (Å²) in [6.07, 6.45) is 3.33. The predicted octanol–water partition coefficient (Wildman–Crippen LogP) is 4.50. The van der Waals surface area contributed by atoms with Crippen LogP contribution in [0.15, 0.2) is 53.5 Å². The van der Waals surface area contributed by atoms with E-state index in [1.807, 2.05) is 19.2 Å². The van der Waals surface area contributed by atoms with Crippen LogP contribution in [0.4, 0.5) is 0 Å². The van der Waals surface area contributed by atoms with Gasteiger partial charge >= 0.3 is 0 Å². The first-order valence-electron chi connectivity index (χ1n) is 10.4. The molecule has 2 atom stereocenters. The molecule has 164 valence electrons. The molecule has 0 aliphatic carbocycles. The average molecular weight is 523 g/mol. The van der Waals surface area contributed by atoms with Crippen molar-refractivity contribution in [2.24, 2.45) is 10.9 Å². The molecule has 1 aliphatic rings. The minimum absolute atomic E-state index is 0. The van der Waals surface area contributed by atoms with E-state index >= 15 is 0 Å². The molecule has 1 saturated heterocycles. The highest BCUT2D eigenvalue weighted by Crippen LogP contribution is 2.33. The number of ether oxygens (including phenoxy) is 2. The summed E-state index contributed by atoms with van der Waals surface area (Å²) in [5.41, 5.74) is 3.79. The van der Waals surface area contributed by atoms with Gasteiger partial charge in [-0.2, -0.15) is 0 Å². The second-order valence-corrected chi connectivity index (χ2v) is 7.59. The van der Waals surface area contributed by atoms with Gasteiger partial charge in [0.2, 0.25) is 0 Å². The van der Waals surface area contributed by atoms with Crippen LogP contribution >= 0.6 is 24.0 Å². The normalized spacial score (nSPS) is 19.0. The number of aryl methyl sites for hydroxylation is 1. The lowest BCUT2D eigenvalue weighted by atomic mass is 9.89. The standard InChI is InChI=1S/C24H33N3O2.HI/c1-18-9-11-20(12-10-18)23-21(7-5-15-29-23)17-27-24(25-2)26-14-13-19-6-4-8-22(16-19)28-3;/h4,6,8-12,16,21,23H,5,7,13-15,17H2,1-3H3,(H2,25,26,27);1H. The molecule has 0 bridgehead atoms. The zero-order chi connectivity index (χ0) is 20.5. The molecular weight excluding hydrogens is 489 g/mol. The second-order valence-electron chi connectivity index (χ2n) is 7.59. The summed E-state index contributed by atoms with van der Waals surface area (Å²) in [7, 11) is 3.51. The Balaban J connectivity index is 0.00000320. The van der Waals surface area contributed by atoms with E-state index in [-0.39, 0.29) is 30.1 Å². The molecule has 5 nitrogen and oxygen atoms in total. The number of aliphatic imine (C=N–C) groups is 1. The van der Waals surface area contributed by atoms with E-state index in [0.717, 1.165) is 50.7 Å². The van der Waals surface area contributed by atoms with Crippen LogP contribution in [-0.2, 0) is 11.2 Å². The van der Waals surface area contributed by atoms with Gasteiger partial charge in [0, 0.05) is 32.7 Å². The monoisotopic (exact) mass is 523 g/mol. The Morgan fingerprint density at radius 3 is 2.70 bits per heavy atom. The van der Waals surface area contributed by atoms with E-state index in [4.69, 9.17) is 9.47 Å². The molecule has 1 heterocycles. The Hall–Kier alpha value is -1.80. The number of hydrogen-bond donors (Lipinski definition) is 2. The predicted molar refractivity (Wildman–Crippen MR) is 134 cm³/mol. The molecule has 6 heteroatoms. The lowest BCUT2D eigenvalue weighted by molar-refractivity contribution is -0.0265. The van der Waals surface area contributed by atoms with Crippen LogP contribution in [0.3, 0.4) is 0 Å². The Morgan fingerprint density at radius 2 is 1.97 bits per heavy atom. The number of benzene rings is 2. The van der Waals surface area contributed by atoms with Crippen LogP contribution in [0.5, 0.6) is 5.75 Å². The number of guanidine groups is 1. The van der Waals surface area contributed by atoms with Crippen LogP contribution in [0.2, 0.25) is 0 Å². The Bertz CT molecular complexity index is 795. The van der Waals surface area contributed by atoms with E-state index in [2.05, 4.69) is 58.9 Å². The highest BCUT2D eigenvalue weighted by Gasteiger charge is 2.27. The summed E-state index contributed by atoms with van der Waals surface area (Å²) in [4.78, 5) is 4.38. The molecule has 0 amide bonds. The molecule has 0 saturated carbocycles. The van der Waals surface area contributed by atoms with Gasteiger partial charge in [0.05, 0.1) is 13.2 Å². The number of nitrogens with zero attached hydrogens (tertiary/aromatic N) is 1. The summed E-state index contributed by atoms with van der Waals surface area (Å²) in [5, 5.41) is 6.91. The third kappa shape index (κ3) is 7.16. The number of rotatable bonds is 7. The van der Waals surface area contributed by atoms with Gasteiger partial charge in [0.15, 0.2) is 5.96 Å². The highest BCUT2D eigenvalue weighted by atomic mass is 127. The zero-order valence-electron chi connectivity index (χ0n) is 18.2. The molecule has 2 N–H and O–H groups in total. The maximum Gasteiger partial charge on any atom is 0.190 e. The Morgan fingerprint density at radius 1 is 1.17 bits per heavy atom. The van der Waals surface area contributed by atoms with Crippen LogP contribution in [0.25, 0.3) is 0 Å². The van der Waals surface area contributed by atoms with Gasteiger partial charge in [-0.3, -0.25) is 4.99 Å². The first kappa shape index (κ1) is 24.5.